The SMILES string of the molecule is COC(=O)c1cc(NCc2ccc([N+](=O)[O-])o2)ccc1Cl. The van der Waals surface area contributed by atoms with Crippen molar-refractivity contribution in [2.75, 3.05) is 12.4 Å². The maximum atomic E-state index is 11.5. The first kappa shape index (κ1) is 14.9. The minimum absolute atomic E-state index is 0.231. The fourth-order valence-electron chi connectivity index (χ4n) is 1.65. The summed E-state index contributed by atoms with van der Waals surface area (Å²) in [5.41, 5.74) is 0.841. The van der Waals surface area contributed by atoms with Crippen molar-refractivity contribution >= 4 is 29.1 Å². The smallest absolute Gasteiger partial charge is 0.433 e. The predicted molar refractivity (Wildman–Crippen MR) is 75.5 cm³/mol. The molecule has 0 unspecified atom stereocenters. The molecule has 0 amide bonds. The van der Waals surface area contributed by atoms with Crippen molar-refractivity contribution in [3.05, 3.63) is 56.8 Å². The molecule has 1 heterocycles. The summed E-state index contributed by atoms with van der Waals surface area (Å²) in [5.74, 6) is -0.466. The third-order valence-corrected chi connectivity index (χ3v) is 3.00. The molecule has 1 aromatic carbocycles. The molecule has 0 saturated carbocycles. The van der Waals surface area contributed by atoms with Crippen molar-refractivity contribution < 1.29 is 18.9 Å². The maximum Gasteiger partial charge on any atom is 0.433 e. The largest absolute Gasteiger partial charge is 0.465 e. The van der Waals surface area contributed by atoms with Crippen LogP contribution in [0.1, 0.15) is 16.1 Å². The molecule has 21 heavy (non-hydrogen) atoms. The molecule has 0 aliphatic rings. The third-order valence-electron chi connectivity index (χ3n) is 2.67. The van der Waals surface area contributed by atoms with Crippen LogP contribution in [0.5, 0.6) is 0 Å². The first-order valence-corrected chi connectivity index (χ1v) is 6.24. The van der Waals surface area contributed by atoms with E-state index in [0.29, 0.717) is 11.4 Å². The zero-order valence-corrected chi connectivity index (χ0v) is 11.7. The lowest BCUT2D eigenvalue weighted by atomic mass is 10.2. The van der Waals surface area contributed by atoms with Gasteiger partial charge in [0, 0.05) is 5.69 Å². The Bertz CT molecular complexity index is 683. The van der Waals surface area contributed by atoms with Crippen LogP contribution in [0.15, 0.2) is 34.7 Å². The number of carbonyl (C=O) groups excluding carboxylic acids is 1. The molecule has 110 valence electrons. The summed E-state index contributed by atoms with van der Waals surface area (Å²) >= 11 is 5.90. The van der Waals surface area contributed by atoms with Gasteiger partial charge in [-0.25, -0.2) is 4.79 Å². The van der Waals surface area contributed by atoms with Crippen LogP contribution in [0.3, 0.4) is 0 Å². The molecule has 8 heteroatoms. The van der Waals surface area contributed by atoms with Gasteiger partial charge in [0.15, 0.2) is 0 Å². The van der Waals surface area contributed by atoms with Gasteiger partial charge in [-0.3, -0.25) is 10.1 Å². The van der Waals surface area contributed by atoms with Crippen molar-refractivity contribution in [3.8, 4) is 0 Å². The molecule has 2 aromatic rings. The highest BCUT2D eigenvalue weighted by molar-refractivity contribution is 6.33. The van der Waals surface area contributed by atoms with Crippen LogP contribution in [0, 0.1) is 10.1 Å². The van der Waals surface area contributed by atoms with Crippen molar-refractivity contribution in [3.63, 3.8) is 0 Å². The number of esters is 1. The molecule has 0 aliphatic heterocycles. The molecule has 0 bridgehead atoms. The fourth-order valence-corrected chi connectivity index (χ4v) is 1.85. The zero-order valence-electron chi connectivity index (χ0n) is 11.0. The van der Waals surface area contributed by atoms with E-state index in [1.807, 2.05) is 0 Å². The van der Waals surface area contributed by atoms with Gasteiger partial charge in [-0.15, -0.1) is 0 Å². The number of nitrogens with one attached hydrogen (secondary N) is 1. The van der Waals surface area contributed by atoms with Crippen LogP contribution in [0.25, 0.3) is 0 Å². The highest BCUT2D eigenvalue weighted by Crippen LogP contribution is 2.22. The van der Waals surface area contributed by atoms with E-state index in [0.717, 1.165) is 0 Å². The number of carbonyl (C=O) groups is 1. The minimum Gasteiger partial charge on any atom is -0.465 e. The van der Waals surface area contributed by atoms with Crippen LogP contribution in [-0.4, -0.2) is 18.0 Å². The average Bonchev–Trinajstić information content (AvgIpc) is 2.94. The standard InChI is InChI=1S/C13H11ClN2O5/c1-20-13(17)10-6-8(2-4-11(10)14)15-7-9-3-5-12(21-9)16(18)19/h2-6,15H,7H2,1H3. The lowest BCUT2D eigenvalue weighted by Gasteiger charge is -2.07. The molecule has 0 atom stereocenters. The van der Waals surface area contributed by atoms with Gasteiger partial charge >= 0.3 is 11.9 Å². The Labute approximate surface area is 124 Å². The first-order valence-electron chi connectivity index (χ1n) is 5.86. The number of anilines is 1. The van der Waals surface area contributed by atoms with Gasteiger partial charge < -0.3 is 14.5 Å². The van der Waals surface area contributed by atoms with Crippen LogP contribution in [0.4, 0.5) is 11.6 Å². The highest BCUT2D eigenvalue weighted by atomic mass is 35.5. The number of hydrogen-bond acceptors (Lipinski definition) is 6. The van der Waals surface area contributed by atoms with Crippen molar-refractivity contribution in [2.24, 2.45) is 0 Å². The second kappa shape index (κ2) is 6.27. The second-order valence-electron chi connectivity index (χ2n) is 4.04. The van der Waals surface area contributed by atoms with Gasteiger partial charge in [0.05, 0.1) is 30.3 Å². The predicted octanol–water partition coefficient (Wildman–Crippen LogP) is 3.24. The molecular formula is C13H11ClN2O5. The van der Waals surface area contributed by atoms with Gasteiger partial charge in [0.1, 0.15) is 10.7 Å². The van der Waals surface area contributed by atoms with E-state index in [1.165, 1.54) is 25.3 Å². The third kappa shape index (κ3) is 3.51. The number of ether oxygens (including phenoxy) is 1. The van der Waals surface area contributed by atoms with Crippen molar-refractivity contribution in [1.82, 2.24) is 0 Å². The summed E-state index contributed by atoms with van der Waals surface area (Å²) in [4.78, 5) is 21.4. The Balaban J connectivity index is 2.09. The van der Waals surface area contributed by atoms with Gasteiger partial charge in [0.2, 0.25) is 0 Å². The number of rotatable bonds is 5. The average molecular weight is 311 g/mol. The molecular weight excluding hydrogens is 300 g/mol. The van der Waals surface area contributed by atoms with Gasteiger partial charge in [0.25, 0.3) is 0 Å². The molecule has 7 nitrogen and oxygen atoms in total. The second-order valence-corrected chi connectivity index (χ2v) is 4.44. The van der Waals surface area contributed by atoms with E-state index in [4.69, 9.17) is 16.0 Å². The highest BCUT2D eigenvalue weighted by Gasteiger charge is 2.13. The number of halogens is 1. The molecule has 0 aliphatic carbocycles. The Morgan fingerprint density at radius 3 is 2.81 bits per heavy atom. The molecule has 1 N–H and O–H groups in total. The van der Waals surface area contributed by atoms with Gasteiger partial charge in [-0.2, -0.15) is 0 Å². The van der Waals surface area contributed by atoms with E-state index in [-0.39, 0.29) is 23.0 Å². The Hall–Kier alpha value is -2.54. The Morgan fingerprint density at radius 2 is 2.19 bits per heavy atom. The lowest BCUT2D eigenvalue weighted by Crippen LogP contribution is -2.04. The molecule has 0 spiro atoms. The zero-order chi connectivity index (χ0) is 15.4. The first-order chi connectivity index (χ1) is 10.0. The Morgan fingerprint density at radius 1 is 1.43 bits per heavy atom. The van der Waals surface area contributed by atoms with E-state index in [2.05, 4.69) is 10.1 Å². The summed E-state index contributed by atoms with van der Waals surface area (Å²) in [6, 6.07) is 7.54. The van der Waals surface area contributed by atoms with Crippen LogP contribution in [-0.2, 0) is 11.3 Å². The summed E-state index contributed by atoms with van der Waals surface area (Å²) in [6.07, 6.45) is 0. The normalized spacial score (nSPS) is 10.2. The molecule has 2 rings (SSSR count). The molecule has 1 aromatic heterocycles. The van der Waals surface area contributed by atoms with Crippen LogP contribution >= 0.6 is 11.6 Å². The molecule has 0 saturated heterocycles. The van der Waals surface area contributed by atoms with E-state index < -0.39 is 10.9 Å². The summed E-state index contributed by atoms with van der Waals surface area (Å²) in [7, 11) is 1.26. The lowest BCUT2D eigenvalue weighted by molar-refractivity contribution is -0.402. The number of methoxy groups -OCH3 is 1. The van der Waals surface area contributed by atoms with Crippen LogP contribution < -0.4 is 5.32 Å². The van der Waals surface area contributed by atoms with E-state index in [1.54, 1.807) is 12.1 Å². The minimum atomic E-state index is -0.610. The van der Waals surface area contributed by atoms with Crippen LogP contribution in [0.2, 0.25) is 5.02 Å². The van der Waals surface area contributed by atoms with Crippen molar-refractivity contribution in [2.45, 2.75) is 6.54 Å². The number of furan rings is 1. The number of hydrogen-bond donors (Lipinski definition) is 1. The number of nitro groups is 1. The van der Waals surface area contributed by atoms with E-state index >= 15 is 0 Å². The maximum absolute atomic E-state index is 11.5. The Kier molecular flexibility index (Phi) is 4.44. The summed E-state index contributed by atoms with van der Waals surface area (Å²) < 4.78 is 9.63. The summed E-state index contributed by atoms with van der Waals surface area (Å²) in [5, 5.41) is 13.8. The quantitative estimate of drug-likeness (QED) is 0.517. The molecule has 0 radical (unpaired) electrons. The van der Waals surface area contributed by atoms with Crippen molar-refractivity contribution in [1.29, 1.82) is 0 Å². The monoisotopic (exact) mass is 310 g/mol. The summed E-state index contributed by atoms with van der Waals surface area (Å²) in [6.45, 7) is 0.232. The fraction of sp³-hybridized carbons (Fsp3) is 0.154. The number of nitrogens with zero attached hydrogens (tertiary/aromatic N) is 1. The van der Waals surface area contributed by atoms with E-state index in [9.17, 15) is 14.9 Å². The topological polar surface area (TPSA) is 94.6 Å². The molecule has 0 fully saturated rings. The van der Waals surface area contributed by atoms with Gasteiger partial charge in [-0.1, -0.05) is 11.6 Å². The number of benzene rings is 1. The van der Waals surface area contributed by atoms with Gasteiger partial charge in [-0.05, 0) is 24.3 Å².